The Morgan fingerprint density at radius 2 is 1.85 bits per heavy atom. The van der Waals surface area contributed by atoms with Gasteiger partial charge in [0, 0.05) is 5.56 Å². The molecule has 0 spiro atoms. The molecule has 4 heteroatoms. The zero-order valence-electron chi connectivity index (χ0n) is 11.2. The summed E-state index contributed by atoms with van der Waals surface area (Å²) in [5, 5.41) is 9.03. The molecule has 0 saturated heterocycles. The van der Waals surface area contributed by atoms with Crippen LogP contribution in [0.4, 0.5) is 8.78 Å². The highest BCUT2D eigenvalue weighted by molar-refractivity contribution is 5.67. The van der Waals surface area contributed by atoms with Crippen LogP contribution < -0.4 is 4.74 Å². The normalized spacial score (nSPS) is 10.4. The van der Waals surface area contributed by atoms with Crippen molar-refractivity contribution in [1.82, 2.24) is 0 Å². The van der Waals surface area contributed by atoms with E-state index in [1.165, 1.54) is 6.07 Å². The van der Waals surface area contributed by atoms with E-state index in [0.29, 0.717) is 16.9 Å². The lowest BCUT2D eigenvalue weighted by atomic mass is 10.0. The first-order valence-electron chi connectivity index (χ1n) is 6.17. The van der Waals surface area contributed by atoms with Crippen LogP contribution >= 0.6 is 0 Å². The molecule has 2 aromatic rings. The summed E-state index contributed by atoms with van der Waals surface area (Å²) >= 11 is 0. The van der Waals surface area contributed by atoms with Crippen molar-refractivity contribution in [2.75, 3.05) is 0 Å². The fourth-order valence-electron chi connectivity index (χ4n) is 1.85. The van der Waals surface area contributed by atoms with Gasteiger partial charge in [0.25, 0.3) is 0 Å². The van der Waals surface area contributed by atoms with Crippen LogP contribution in [0.15, 0.2) is 36.4 Å². The van der Waals surface area contributed by atoms with E-state index in [9.17, 15) is 8.78 Å². The third-order valence-electron chi connectivity index (χ3n) is 2.70. The number of rotatable bonds is 3. The Kier molecular flexibility index (Phi) is 3.99. The van der Waals surface area contributed by atoms with Gasteiger partial charge in [-0.3, -0.25) is 0 Å². The Morgan fingerprint density at radius 1 is 1.10 bits per heavy atom. The molecule has 0 N–H and O–H groups in total. The molecule has 2 rings (SSSR count). The molecular formula is C16H13F2NO. The van der Waals surface area contributed by atoms with E-state index in [-0.39, 0.29) is 11.7 Å². The summed E-state index contributed by atoms with van der Waals surface area (Å²) < 4.78 is 32.5. The molecule has 0 atom stereocenters. The summed E-state index contributed by atoms with van der Waals surface area (Å²) in [7, 11) is 0. The number of ether oxygens (including phenoxy) is 1. The molecule has 0 saturated carbocycles. The second-order valence-electron chi connectivity index (χ2n) is 4.61. The third-order valence-corrected chi connectivity index (χ3v) is 2.70. The number of hydrogen-bond donors (Lipinski definition) is 0. The lowest BCUT2D eigenvalue weighted by Crippen LogP contribution is -2.07. The molecule has 102 valence electrons. The lowest BCUT2D eigenvalue weighted by Gasteiger charge is -2.13. The number of benzene rings is 2. The molecule has 0 aliphatic heterocycles. The van der Waals surface area contributed by atoms with E-state index < -0.39 is 11.6 Å². The summed E-state index contributed by atoms with van der Waals surface area (Å²) in [6.45, 7) is 3.66. The Morgan fingerprint density at radius 3 is 2.50 bits per heavy atom. The van der Waals surface area contributed by atoms with Gasteiger partial charge in [-0.1, -0.05) is 6.07 Å². The van der Waals surface area contributed by atoms with Crippen molar-refractivity contribution in [2.45, 2.75) is 20.0 Å². The van der Waals surface area contributed by atoms with Crippen LogP contribution in [0.3, 0.4) is 0 Å². The van der Waals surface area contributed by atoms with Crippen LogP contribution in [0, 0.1) is 23.0 Å². The summed E-state index contributed by atoms with van der Waals surface area (Å²) in [6, 6.07) is 9.94. The van der Waals surface area contributed by atoms with Crippen LogP contribution in [-0.2, 0) is 0 Å². The molecule has 0 amide bonds. The first-order chi connectivity index (χ1) is 9.51. The smallest absolute Gasteiger partial charge is 0.138 e. The maximum Gasteiger partial charge on any atom is 0.138 e. The van der Waals surface area contributed by atoms with Gasteiger partial charge in [-0.15, -0.1) is 0 Å². The summed E-state index contributed by atoms with van der Waals surface area (Å²) in [5.74, 6) is -0.674. The van der Waals surface area contributed by atoms with Crippen LogP contribution in [0.5, 0.6) is 5.75 Å². The minimum absolute atomic E-state index is 0.116. The zero-order chi connectivity index (χ0) is 14.7. The molecule has 0 aliphatic carbocycles. The molecule has 0 unspecified atom stereocenters. The molecule has 0 radical (unpaired) electrons. The Hall–Kier alpha value is -2.41. The molecule has 0 aromatic heterocycles. The zero-order valence-corrected chi connectivity index (χ0v) is 11.2. The third kappa shape index (κ3) is 2.94. The highest BCUT2D eigenvalue weighted by atomic mass is 19.1. The molecule has 20 heavy (non-hydrogen) atoms. The second kappa shape index (κ2) is 5.70. The van der Waals surface area contributed by atoms with Gasteiger partial charge in [0.05, 0.1) is 11.7 Å². The Balaban J connectivity index is 2.53. The fourth-order valence-corrected chi connectivity index (χ4v) is 1.85. The van der Waals surface area contributed by atoms with Gasteiger partial charge in [0.15, 0.2) is 0 Å². The lowest BCUT2D eigenvalue weighted by molar-refractivity contribution is 0.242. The van der Waals surface area contributed by atoms with E-state index in [0.717, 1.165) is 18.2 Å². The monoisotopic (exact) mass is 273 g/mol. The van der Waals surface area contributed by atoms with Crippen molar-refractivity contribution in [3.63, 3.8) is 0 Å². The first-order valence-corrected chi connectivity index (χ1v) is 6.17. The standard InChI is InChI=1S/C16H13F2NO/c1-10(2)20-16-7-11(3-4-12(16)9-19)14-8-13(17)5-6-15(14)18/h3-8,10H,1-2H3. The largest absolute Gasteiger partial charge is 0.490 e. The molecule has 2 aromatic carbocycles. The minimum atomic E-state index is -0.522. The first kappa shape index (κ1) is 14.0. The summed E-state index contributed by atoms with van der Waals surface area (Å²) in [4.78, 5) is 0. The molecule has 0 fully saturated rings. The predicted octanol–water partition coefficient (Wildman–Crippen LogP) is 4.29. The molecule has 2 nitrogen and oxygen atoms in total. The van der Waals surface area contributed by atoms with E-state index >= 15 is 0 Å². The van der Waals surface area contributed by atoms with Gasteiger partial charge in [-0.05, 0) is 49.7 Å². The quantitative estimate of drug-likeness (QED) is 0.835. The maximum atomic E-state index is 13.8. The minimum Gasteiger partial charge on any atom is -0.490 e. The topological polar surface area (TPSA) is 33.0 Å². The summed E-state index contributed by atoms with van der Waals surface area (Å²) in [6.07, 6.45) is -0.116. The van der Waals surface area contributed by atoms with Crippen LogP contribution in [0.25, 0.3) is 11.1 Å². The van der Waals surface area contributed by atoms with Crippen molar-refractivity contribution < 1.29 is 13.5 Å². The van der Waals surface area contributed by atoms with Crippen molar-refractivity contribution in [2.24, 2.45) is 0 Å². The van der Waals surface area contributed by atoms with Crippen LogP contribution in [-0.4, -0.2) is 6.10 Å². The van der Waals surface area contributed by atoms with Crippen molar-refractivity contribution in [1.29, 1.82) is 5.26 Å². The van der Waals surface area contributed by atoms with Crippen molar-refractivity contribution in [3.05, 3.63) is 53.6 Å². The predicted molar refractivity (Wildman–Crippen MR) is 72.3 cm³/mol. The van der Waals surface area contributed by atoms with Gasteiger partial charge in [-0.2, -0.15) is 5.26 Å². The average molecular weight is 273 g/mol. The highest BCUT2D eigenvalue weighted by Gasteiger charge is 2.11. The number of nitriles is 1. The van der Waals surface area contributed by atoms with Gasteiger partial charge in [0.1, 0.15) is 23.5 Å². The fraction of sp³-hybridized carbons (Fsp3) is 0.188. The Labute approximate surface area is 116 Å². The average Bonchev–Trinajstić information content (AvgIpc) is 2.41. The van der Waals surface area contributed by atoms with Gasteiger partial charge in [0.2, 0.25) is 0 Å². The SMILES string of the molecule is CC(C)Oc1cc(-c2cc(F)ccc2F)ccc1C#N. The second-order valence-corrected chi connectivity index (χ2v) is 4.61. The Bertz CT molecular complexity index is 675. The van der Waals surface area contributed by atoms with Gasteiger partial charge in [-0.25, -0.2) is 8.78 Å². The van der Waals surface area contributed by atoms with Crippen LogP contribution in [0.2, 0.25) is 0 Å². The number of hydrogen-bond acceptors (Lipinski definition) is 2. The number of halogens is 2. The maximum absolute atomic E-state index is 13.8. The van der Waals surface area contributed by atoms with Crippen molar-refractivity contribution >= 4 is 0 Å². The van der Waals surface area contributed by atoms with Gasteiger partial charge < -0.3 is 4.74 Å². The van der Waals surface area contributed by atoms with E-state index in [1.54, 1.807) is 12.1 Å². The van der Waals surface area contributed by atoms with E-state index in [1.807, 2.05) is 19.9 Å². The summed E-state index contributed by atoms with van der Waals surface area (Å²) in [5.41, 5.74) is 0.971. The molecular weight excluding hydrogens is 260 g/mol. The molecule has 0 heterocycles. The molecule has 0 bridgehead atoms. The van der Waals surface area contributed by atoms with E-state index in [2.05, 4.69) is 0 Å². The molecule has 0 aliphatic rings. The van der Waals surface area contributed by atoms with E-state index in [4.69, 9.17) is 10.00 Å². The van der Waals surface area contributed by atoms with Gasteiger partial charge >= 0.3 is 0 Å². The number of nitrogens with zero attached hydrogens (tertiary/aromatic N) is 1. The van der Waals surface area contributed by atoms with Crippen LogP contribution in [0.1, 0.15) is 19.4 Å². The van der Waals surface area contributed by atoms with Crippen molar-refractivity contribution in [3.8, 4) is 22.9 Å². The highest BCUT2D eigenvalue weighted by Crippen LogP contribution is 2.29.